The molecule has 1 rings (SSSR count). The van der Waals surface area contributed by atoms with Crippen LogP contribution in [0.2, 0.25) is 0 Å². The second-order valence-electron chi connectivity index (χ2n) is 2.69. The van der Waals surface area contributed by atoms with Crippen LogP contribution in [-0.4, -0.2) is 12.6 Å². The first-order valence-electron chi connectivity index (χ1n) is 4.10. The number of carbonyl (C=O) groups excluding carboxylic acids is 1. The summed E-state index contributed by atoms with van der Waals surface area (Å²) < 4.78 is 4.59. The van der Waals surface area contributed by atoms with Gasteiger partial charge in [-0.1, -0.05) is 18.2 Å². The van der Waals surface area contributed by atoms with E-state index in [1.54, 1.807) is 30.3 Å². The number of nitrogens with zero attached hydrogens (tertiary/aromatic N) is 1. The van der Waals surface area contributed by atoms with Gasteiger partial charge in [-0.05, 0) is 11.6 Å². The van der Waals surface area contributed by atoms with E-state index < -0.39 is 5.97 Å². The van der Waals surface area contributed by atoms with Gasteiger partial charge in [-0.2, -0.15) is 5.26 Å². The van der Waals surface area contributed by atoms with Crippen LogP contribution in [0.25, 0.3) is 0 Å². The van der Waals surface area contributed by atoms with E-state index >= 15 is 0 Å². The van der Waals surface area contributed by atoms with Crippen molar-refractivity contribution in [3.05, 3.63) is 29.8 Å². The fraction of sp³-hybridized carbons (Fsp3) is 0.200. The average Bonchev–Trinajstić information content (AvgIpc) is 2.18. The number of anilines is 1. The number of nitrogens with two attached hydrogens (primary N) is 1. The molecule has 2 N–H and O–H groups in total. The Morgan fingerprint density at radius 2 is 2.21 bits per heavy atom. The van der Waals surface area contributed by atoms with Crippen molar-refractivity contribution in [2.75, 3.05) is 12.3 Å². The van der Waals surface area contributed by atoms with Gasteiger partial charge in [0.1, 0.15) is 6.07 Å². The lowest BCUT2D eigenvalue weighted by Gasteiger charge is -2.03. The Bertz CT molecular complexity index is 369. The van der Waals surface area contributed by atoms with Crippen LogP contribution in [0.1, 0.15) is 5.56 Å². The van der Waals surface area contributed by atoms with Gasteiger partial charge in [0.2, 0.25) is 0 Å². The highest BCUT2D eigenvalue weighted by Gasteiger charge is 2.06. The van der Waals surface area contributed by atoms with Gasteiger partial charge < -0.3 is 10.5 Å². The van der Waals surface area contributed by atoms with Gasteiger partial charge in [-0.3, -0.25) is 4.79 Å². The van der Waals surface area contributed by atoms with E-state index in [0.717, 1.165) is 5.56 Å². The zero-order chi connectivity index (χ0) is 10.4. The van der Waals surface area contributed by atoms with Crippen LogP contribution >= 0.6 is 0 Å². The van der Waals surface area contributed by atoms with Crippen LogP contribution < -0.4 is 5.73 Å². The lowest BCUT2D eigenvalue weighted by molar-refractivity contribution is -0.141. The number of carbonyl (C=O) groups is 1. The summed E-state index contributed by atoms with van der Waals surface area (Å²) in [5.41, 5.74) is 6.90. The Morgan fingerprint density at radius 1 is 1.50 bits per heavy atom. The monoisotopic (exact) mass is 190 g/mol. The average molecular weight is 190 g/mol. The van der Waals surface area contributed by atoms with Crippen LogP contribution in [0.15, 0.2) is 24.3 Å². The molecule has 72 valence electrons. The maximum Gasteiger partial charge on any atom is 0.311 e. The predicted molar refractivity (Wildman–Crippen MR) is 51.1 cm³/mol. The smallest absolute Gasteiger partial charge is 0.311 e. The normalized spacial score (nSPS) is 9.07. The minimum absolute atomic E-state index is 0.106. The number of hydrogen-bond donors (Lipinski definition) is 1. The molecule has 0 radical (unpaired) electrons. The Morgan fingerprint density at radius 3 is 2.86 bits per heavy atom. The quantitative estimate of drug-likeness (QED) is 0.567. The van der Waals surface area contributed by atoms with Crippen molar-refractivity contribution in [3.8, 4) is 6.07 Å². The van der Waals surface area contributed by atoms with E-state index in [0.29, 0.717) is 5.69 Å². The molecule has 0 amide bonds. The van der Waals surface area contributed by atoms with Crippen molar-refractivity contribution >= 4 is 11.7 Å². The minimum atomic E-state index is -0.440. The summed E-state index contributed by atoms with van der Waals surface area (Å²) in [6.45, 7) is -0.217. The number of benzene rings is 1. The molecule has 0 heterocycles. The van der Waals surface area contributed by atoms with Crippen molar-refractivity contribution in [2.24, 2.45) is 0 Å². The summed E-state index contributed by atoms with van der Waals surface area (Å²) >= 11 is 0. The Labute approximate surface area is 81.9 Å². The molecule has 4 nitrogen and oxygen atoms in total. The molecule has 1 aromatic carbocycles. The number of rotatable bonds is 3. The minimum Gasteiger partial charge on any atom is -0.450 e. The van der Waals surface area contributed by atoms with Gasteiger partial charge in [0.05, 0.1) is 6.42 Å². The Hall–Kier alpha value is -2.02. The lowest BCUT2D eigenvalue weighted by Crippen LogP contribution is -2.09. The van der Waals surface area contributed by atoms with Gasteiger partial charge >= 0.3 is 5.97 Å². The second-order valence-corrected chi connectivity index (χ2v) is 2.69. The van der Waals surface area contributed by atoms with Gasteiger partial charge in [0.25, 0.3) is 0 Å². The van der Waals surface area contributed by atoms with Gasteiger partial charge in [-0.25, -0.2) is 0 Å². The van der Waals surface area contributed by atoms with Gasteiger partial charge in [0.15, 0.2) is 6.61 Å². The highest BCUT2D eigenvalue weighted by molar-refractivity contribution is 5.74. The topological polar surface area (TPSA) is 76.1 Å². The molecule has 1 aromatic rings. The van der Waals surface area contributed by atoms with Crippen molar-refractivity contribution in [1.29, 1.82) is 5.26 Å². The first-order chi connectivity index (χ1) is 6.74. The SMILES string of the molecule is N#CCOC(=O)Cc1ccccc1N. The van der Waals surface area contributed by atoms with E-state index in [2.05, 4.69) is 4.74 Å². The molecule has 0 unspecified atom stereocenters. The third-order valence-corrected chi connectivity index (χ3v) is 1.69. The maximum absolute atomic E-state index is 11.1. The molecule has 0 aromatic heterocycles. The molecule has 0 aliphatic rings. The summed E-state index contributed by atoms with van der Waals surface area (Å²) in [5, 5.41) is 8.18. The summed E-state index contributed by atoms with van der Waals surface area (Å²) in [6, 6.07) is 8.78. The van der Waals surface area contributed by atoms with E-state index in [9.17, 15) is 4.79 Å². The second kappa shape index (κ2) is 4.87. The zero-order valence-electron chi connectivity index (χ0n) is 7.56. The van der Waals surface area contributed by atoms with Crippen molar-refractivity contribution in [3.63, 3.8) is 0 Å². The number of nitrogen functional groups attached to an aromatic ring is 1. The zero-order valence-corrected chi connectivity index (χ0v) is 7.56. The number of para-hydroxylation sites is 1. The molecule has 0 saturated carbocycles. The summed E-state index contributed by atoms with van der Waals surface area (Å²) in [6.07, 6.45) is 0.106. The lowest BCUT2D eigenvalue weighted by atomic mass is 10.1. The molecule has 0 aliphatic heterocycles. The predicted octanol–water partition coefficient (Wildman–Crippen LogP) is 0.878. The molecular formula is C10H10N2O2. The number of esters is 1. The maximum atomic E-state index is 11.1. The third-order valence-electron chi connectivity index (χ3n) is 1.69. The molecule has 0 aliphatic carbocycles. The van der Waals surface area contributed by atoms with E-state index in [1.807, 2.05) is 0 Å². The molecule has 14 heavy (non-hydrogen) atoms. The van der Waals surface area contributed by atoms with Crippen LogP contribution in [0, 0.1) is 11.3 Å². The summed E-state index contributed by atoms with van der Waals surface area (Å²) in [7, 11) is 0. The van der Waals surface area contributed by atoms with Crippen LogP contribution in [-0.2, 0) is 16.0 Å². The largest absolute Gasteiger partial charge is 0.450 e. The number of ether oxygens (including phenoxy) is 1. The fourth-order valence-corrected chi connectivity index (χ4v) is 1.01. The van der Waals surface area contributed by atoms with E-state index in [4.69, 9.17) is 11.0 Å². The van der Waals surface area contributed by atoms with Crippen molar-refractivity contribution in [1.82, 2.24) is 0 Å². The standard InChI is InChI=1S/C10H10N2O2/c11-5-6-14-10(13)7-8-3-1-2-4-9(8)12/h1-4H,6-7,12H2. The Kier molecular flexibility index (Phi) is 3.50. The van der Waals surface area contributed by atoms with Gasteiger partial charge in [0, 0.05) is 5.69 Å². The van der Waals surface area contributed by atoms with Crippen LogP contribution in [0.4, 0.5) is 5.69 Å². The first-order valence-corrected chi connectivity index (χ1v) is 4.10. The van der Waals surface area contributed by atoms with Crippen LogP contribution in [0.3, 0.4) is 0 Å². The summed E-state index contributed by atoms with van der Waals surface area (Å²) in [4.78, 5) is 11.1. The molecule has 0 spiro atoms. The van der Waals surface area contributed by atoms with Crippen LogP contribution in [0.5, 0.6) is 0 Å². The highest BCUT2D eigenvalue weighted by Crippen LogP contribution is 2.11. The fourth-order valence-electron chi connectivity index (χ4n) is 1.01. The van der Waals surface area contributed by atoms with E-state index in [1.165, 1.54) is 0 Å². The molecular weight excluding hydrogens is 180 g/mol. The summed E-state index contributed by atoms with van der Waals surface area (Å²) in [5.74, 6) is -0.440. The van der Waals surface area contributed by atoms with Gasteiger partial charge in [-0.15, -0.1) is 0 Å². The first kappa shape index (κ1) is 10.1. The van der Waals surface area contributed by atoms with E-state index in [-0.39, 0.29) is 13.0 Å². The molecule has 0 atom stereocenters. The molecule has 0 bridgehead atoms. The molecule has 0 saturated heterocycles. The molecule has 0 fully saturated rings. The van der Waals surface area contributed by atoms with Crippen molar-refractivity contribution < 1.29 is 9.53 Å². The molecule has 4 heteroatoms. The Balaban J connectivity index is 2.57. The third kappa shape index (κ3) is 2.79. The number of nitriles is 1. The van der Waals surface area contributed by atoms with Crippen molar-refractivity contribution in [2.45, 2.75) is 6.42 Å². The highest BCUT2D eigenvalue weighted by atomic mass is 16.5. The number of hydrogen-bond acceptors (Lipinski definition) is 4.